The molecular formula is C14H15F3N2S. The first kappa shape index (κ1) is 15.0. The predicted octanol–water partition coefficient (Wildman–Crippen LogP) is 4.33. The Morgan fingerprint density at radius 1 is 1.30 bits per heavy atom. The monoisotopic (exact) mass is 300 g/mol. The molecule has 0 aliphatic carbocycles. The summed E-state index contributed by atoms with van der Waals surface area (Å²) in [6.45, 7) is 3.72. The van der Waals surface area contributed by atoms with Gasteiger partial charge in [0.05, 0.1) is 4.88 Å². The molecule has 0 saturated carbocycles. The summed E-state index contributed by atoms with van der Waals surface area (Å²) in [6.07, 6.45) is -2.04. The summed E-state index contributed by atoms with van der Waals surface area (Å²) in [4.78, 5) is 3.98. The standard InChI is InChI=1S/C14H15F3N2S/c1-2-6-18-8-10-4-3-5-11(7-10)12-9-19-13(20-12)14(15,16)17/h3-5,7,9,18H,2,6,8H2,1H3. The third kappa shape index (κ3) is 3.80. The van der Waals surface area contributed by atoms with E-state index in [1.165, 1.54) is 6.20 Å². The van der Waals surface area contributed by atoms with E-state index >= 15 is 0 Å². The maximum atomic E-state index is 12.5. The first-order valence-corrected chi connectivity index (χ1v) is 7.15. The second-order valence-electron chi connectivity index (χ2n) is 4.40. The van der Waals surface area contributed by atoms with Crippen molar-refractivity contribution >= 4 is 11.3 Å². The molecule has 108 valence electrons. The zero-order valence-corrected chi connectivity index (χ0v) is 11.8. The van der Waals surface area contributed by atoms with Gasteiger partial charge in [-0.1, -0.05) is 25.1 Å². The minimum atomic E-state index is -4.37. The van der Waals surface area contributed by atoms with Crippen molar-refractivity contribution in [2.45, 2.75) is 26.1 Å². The van der Waals surface area contributed by atoms with Crippen molar-refractivity contribution in [3.63, 3.8) is 0 Å². The van der Waals surface area contributed by atoms with Gasteiger partial charge in [-0.05, 0) is 30.2 Å². The van der Waals surface area contributed by atoms with Crippen molar-refractivity contribution in [2.75, 3.05) is 6.54 Å². The lowest BCUT2D eigenvalue weighted by Crippen LogP contribution is -2.13. The van der Waals surface area contributed by atoms with E-state index in [9.17, 15) is 13.2 Å². The Bertz CT molecular complexity index is 564. The molecule has 2 rings (SSSR count). The van der Waals surface area contributed by atoms with Crippen LogP contribution < -0.4 is 5.32 Å². The van der Waals surface area contributed by atoms with E-state index < -0.39 is 11.2 Å². The molecule has 0 bridgehead atoms. The average molecular weight is 300 g/mol. The molecule has 0 atom stereocenters. The zero-order chi connectivity index (χ0) is 14.6. The van der Waals surface area contributed by atoms with E-state index in [0.717, 1.165) is 24.1 Å². The predicted molar refractivity (Wildman–Crippen MR) is 74.5 cm³/mol. The largest absolute Gasteiger partial charge is 0.443 e. The van der Waals surface area contributed by atoms with Gasteiger partial charge in [-0.25, -0.2) is 4.98 Å². The molecule has 1 aromatic carbocycles. The summed E-state index contributed by atoms with van der Waals surface area (Å²) in [6, 6.07) is 7.51. The van der Waals surface area contributed by atoms with Crippen LogP contribution in [0.1, 0.15) is 23.9 Å². The molecule has 6 heteroatoms. The first-order chi connectivity index (χ1) is 9.50. The number of aromatic nitrogens is 1. The van der Waals surface area contributed by atoms with Gasteiger partial charge in [-0.3, -0.25) is 0 Å². The van der Waals surface area contributed by atoms with Crippen LogP contribution in [0.15, 0.2) is 30.5 Å². The number of benzene rings is 1. The Morgan fingerprint density at radius 3 is 2.75 bits per heavy atom. The van der Waals surface area contributed by atoms with Gasteiger partial charge in [-0.2, -0.15) is 13.2 Å². The van der Waals surface area contributed by atoms with Crippen LogP contribution in [0, 0.1) is 0 Å². The summed E-state index contributed by atoms with van der Waals surface area (Å²) in [5.41, 5.74) is 1.83. The minimum Gasteiger partial charge on any atom is -0.313 e. The maximum absolute atomic E-state index is 12.5. The summed E-state index contributed by atoms with van der Waals surface area (Å²) in [7, 11) is 0. The molecule has 0 fully saturated rings. The van der Waals surface area contributed by atoms with Gasteiger partial charge in [0.15, 0.2) is 5.01 Å². The molecular weight excluding hydrogens is 285 g/mol. The summed E-state index contributed by atoms with van der Waals surface area (Å²) < 4.78 is 37.6. The Kier molecular flexibility index (Phi) is 4.77. The van der Waals surface area contributed by atoms with Crippen molar-refractivity contribution in [3.05, 3.63) is 41.0 Å². The second kappa shape index (κ2) is 6.37. The first-order valence-electron chi connectivity index (χ1n) is 6.33. The molecule has 0 aliphatic heterocycles. The lowest BCUT2D eigenvalue weighted by Gasteiger charge is -2.05. The average Bonchev–Trinajstić information content (AvgIpc) is 2.89. The molecule has 0 amide bonds. The number of halogens is 3. The molecule has 1 heterocycles. The van der Waals surface area contributed by atoms with Crippen LogP contribution in [0.3, 0.4) is 0 Å². The third-order valence-corrected chi connectivity index (χ3v) is 3.81. The molecule has 2 aromatic rings. The molecule has 20 heavy (non-hydrogen) atoms. The third-order valence-electron chi connectivity index (χ3n) is 2.72. The van der Waals surface area contributed by atoms with Gasteiger partial charge in [-0.15, -0.1) is 11.3 Å². The van der Waals surface area contributed by atoms with E-state index in [4.69, 9.17) is 0 Å². The van der Waals surface area contributed by atoms with Crippen LogP contribution in [0.2, 0.25) is 0 Å². The summed E-state index contributed by atoms with van der Waals surface area (Å²) in [5, 5.41) is 2.46. The number of hydrogen-bond donors (Lipinski definition) is 1. The number of nitrogens with one attached hydrogen (secondary N) is 1. The molecule has 0 spiro atoms. The Labute approximate surface area is 119 Å². The lowest BCUT2D eigenvalue weighted by molar-refractivity contribution is -0.137. The van der Waals surface area contributed by atoms with Crippen LogP contribution in [0.25, 0.3) is 10.4 Å². The van der Waals surface area contributed by atoms with Gasteiger partial charge in [0.25, 0.3) is 0 Å². The van der Waals surface area contributed by atoms with E-state index in [2.05, 4.69) is 17.2 Å². The highest BCUT2D eigenvalue weighted by molar-refractivity contribution is 7.15. The van der Waals surface area contributed by atoms with Crippen molar-refractivity contribution in [1.29, 1.82) is 0 Å². The zero-order valence-electron chi connectivity index (χ0n) is 11.0. The van der Waals surface area contributed by atoms with Gasteiger partial charge >= 0.3 is 6.18 Å². The van der Waals surface area contributed by atoms with Crippen molar-refractivity contribution in [1.82, 2.24) is 10.3 Å². The SMILES string of the molecule is CCCNCc1cccc(-c2cnc(C(F)(F)F)s2)c1. The van der Waals surface area contributed by atoms with Crippen LogP contribution in [0.4, 0.5) is 13.2 Å². The number of thiazole rings is 1. The fourth-order valence-corrected chi connectivity index (χ4v) is 2.56. The topological polar surface area (TPSA) is 24.9 Å². The molecule has 1 aromatic heterocycles. The Balaban J connectivity index is 2.16. The molecule has 2 nitrogen and oxygen atoms in total. The maximum Gasteiger partial charge on any atom is 0.443 e. The van der Waals surface area contributed by atoms with E-state index in [0.29, 0.717) is 22.8 Å². The van der Waals surface area contributed by atoms with E-state index in [1.54, 1.807) is 6.07 Å². The van der Waals surface area contributed by atoms with E-state index in [-0.39, 0.29) is 0 Å². The molecule has 0 saturated heterocycles. The molecule has 0 aliphatic rings. The Morgan fingerprint density at radius 2 is 2.10 bits per heavy atom. The van der Waals surface area contributed by atoms with E-state index in [1.807, 2.05) is 18.2 Å². The fourth-order valence-electron chi connectivity index (χ4n) is 1.78. The van der Waals surface area contributed by atoms with Gasteiger partial charge in [0.1, 0.15) is 0 Å². The fraction of sp³-hybridized carbons (Fsp3) is 0.357. The minimum absolute atomic E-state index is 0.537. The van der Waals surface area contributed by atoms with Crippen molar-refractivity contribution in [3.8, 4) is 10.4 Å². The second-order valence-corrected chi connectivity index (χ2v) is 5.44. The number of nitrogens with zero attached hydrogens (tertiary/aromatic N) is 1. The van der Waals surface area contributed by atoms with Crippen molar-refractivity contribution < 1.29 is 13.2 Å². The number of hydrogen-bond acceptors (Lipinski definition) is 3. The highest BCUT2D eigenvalue weighted by atomic mass is 32.1. The highest BCUT2D eigenvalue weighted by Crippen LogP contribution is 2.36. The van der Waals surface area contributed by atoms with Crippen LogP contribution in [0.5, 0.6) is 0 Å². The van der Waals surface area contributed by atoms with Crippen molar-refractivity contribution in [2.24, 2.45) is 0 Å². The number of alkyl halides is 3. The molecule has 1 N–H and O–H groups in total. The van der Waals surface area contributed by atoms with Crippen LogP contribution >= 0.6 is 11.3 Å². The smallest absolute Gasteiger partial charge is 0.313 e. The Hall–Kier alpha value is -1.40. The lowest BCUT2D eigenvalue weighted by atomic mass is 10.1. The van der Waals surface area contributed by atoms with Gasteiger partial charge < -0.3 is 5.32 Å². The summed E-state index contributed by atoms with van der Waals surface area (Å²) in [5.74, 6) is 0. The summed E-state index contributed by atoms with van der Waals surface area (Å²) >= 11 is 0.673. The van der Waals surface area contributed by atoms with Crippen LogP contribution in [-0.2, 0) is 12.7 Å². The normalized spacial score (nSPS) is 11.8. The molecule has 0 radical (unpaired) electrons. The van der Waals surface area contributed by atoms with Gasteiger partial charge in [0, 0.05) is 12.7 Å². The number of rotatable bonds is 5. The highest BCUT2D eigenvalue weighted by Gasteiger charge is 2.34. The van der Waals surface area contributed by atoms with Crippen LogP contribution in [-0.4, -0.2) is 11.5 Å². The quantitative estimate of drug-likeness (QED) is 0.831. The van der Waals surface area contributed by atoms with Gasteiger partial charge in [0.2, 0.25) is 0 Å². The molecule has 0 unspecified atom stereocenters.